The minimum atomic E-state index is -0.461. The minimum Gasteiger partial charge on any atom is -0.463 e. The second-order valence-electron chi connectivity index (χ2n) is 7.27. The maximum absolute atomic E-state index is 12.3. The first-order chi connectivity index (χ1) is 11.2. The Morgan fingerprint density at radius 2 is 1.91 bits per heavy atom. The van der Waals surface area contributed by atoms with E-state index in [4.69, 9.17) is 14.2 Å². The highest BCUT2D eigenvalue weighted by molar-refractivity contribution is 5.78. The molecule has 7 atom stereocenters. The van der Waals surface area contributed by atoms with Gasteiger partial charge in [0.05, 0.1) is 24.7 Å². The van der Waals surface area contributed by atoms with Crippen LogP contribution in [0.4, 0.5) is 0 Å². The Balaban J connectivity index is 1.29. The summed E-state index contributed by atoms with van der Waals surface area (Å²) in [5, 5.41) is 0. The fourth-order valence-corrected chi connectivity index (χ4v) is 5.07. The predicted molar refractivity (Wildman–Crippen MR) is 81.3 cm³/mol. The van der Waals surface area contributed by atoms with E-state index in [1.165, 1.54) is 6.42 Å². The molecule has 23 heavy (non-hydrogen) atoms. The first-order valence-corrected chi connectivity index (χ1v) is 8.85. The third kappa shape index (κ3) is 2.49. The van der Waals surface area contributed by atoms with Crippen molar-refractivity contribution in [1.82, 2.24) is 0 Å². The average Bonchev–Trinajstić information content (AvgIpc) is 3.30. The molecular weight excluding hydrogens is 296 g/mol. The van der Waals surface area contributed by atoms with Gasteiger partial charge in [-0.1, -0.05) is 25.5 Å². The molecule has 1 saturated carbocycles. The van der Waals surface area contributed by atoms with E-state index in [0.717, 1.165) is 19.3 Å². The molecule has 4 bridgehead atoms. The summed E-state index contributed by atoms with van der Waals surface area (Å²) >= 11 is 0. The Morgan fingerprint density at radius 3 is 2.70 bits per heavy atom. The molecule has 2 aliphatic heterocycles. The molecule has 0 N–H and O–H groups in total. The van der Waals surface area contributed by atoms with Gasteiger partial charge in [-0.25, -0.2) is 4.79 Å². The van der Waals surface area contributed by atoms with E-state index in [2.05, 4.69) is 12.2 Å². The Hall–Kier alpha value is -1.36. The van der Waals surface area contributed by atoms with Gasteiger partial charge in [0.2, 0.25) is 0 Å². The molecule has 0 radical (unpaired) electrons. The summed E-state index contributed by atoms with van der Waals surface area (Å²) in [5.74, 6) is 1.31. The Labute approximate surface area is 136 Å². The average molecular weight is 320 g/mol. The van der Waals surface area contributed by atoms with Gasteiger partial charge in [0.15, 0.2) is 6.61 Å². The van der Waals surface area contributed by atoms with Gasteiger partial charge in [-0.05, 0) is 42.9 Å². The monoisotopic (exact) mass is 320 g/mol. The standard InChI is InChI=1S/C18H24O5/c1-2-3-6-21-14(19)9-22-18(20)12-8-13-15-10-4-5-11(7-10)16(15)17(12)23-13/h4-5,10-13,15-17H,2-3,6-9H2,1H3. The van der Waals surface area contributed by atoms with Gasteiger partial charge in [0, 0.05) is 0 Å². The Kier molecular flexibility index (Phi) is 3.92. The van der Waals surface area contributed by atoms with Crippen molar-refractivity contribution in [1.29, 1.82) is 0 Å². The Morgan fingerprint density at radius 1 is 1.13 bits per heavy atom. The van der Waals surface area contributed by atoms with E-state index < -0.39 is 5.97 Å². The number of carbonyl (C=O) groups excluding carboxylic acids is 2. The zero-order chi connectivity index (χ0) is 16.0. The van der Waals surface area contributed by atoms with E-state index in [-0.39, 0.29) is 30.7 Å². The van der Waals surface area contributed by atoms with E-state index in [1.54, 1.807) is 0 Å². The fraction of sp³-hybridized carbons (Fsp3) is 0.778. The van der Waals surface area contributed by atoms with E-state index in [9.17, 15) is 9.59 Å². The number of hydrogen-bond donors (Lipinski definition) is 0. The van der Waals surface area contributed by atoms with Crippen LogP contribution >= 0.6 is 0 Å². The highest BCUT2D eigenvalue weighted by Gasteiger charge is 2.64. The van der Waals surface area contributed by atoms with E-state index in [1.807, 2.05) is 6.92 Å². The van der Waals surface area contributed by atoms with Crippen molar-refractivity contribution in [3.8, 4) is 0 Å². The lowest BCUT2D eigenvalue weighted by Crippen LogP contribution is -2.40. The van der Waals surface area contributed by atoms with Crippen LogP contribution in [0.3, 0.4) is 0 Å². The van der Waals surface area contributed by atoms with Crippen LogP contribution < -0.4 is 0 Å². The maximum Gasteiger partial charge on any atom is 0.344 e. The molecule has 5 heteroatoms. The van der Waals surface area contributed by atoms with Crippen LogP contribution in [0.1, 0.15) is 32.6 Å². The number of ether oxygens (including phenoxy) is 3. The molecule has 0 aromatic rings. The number of unbranched alkanes of at least 4 members (excludes halogenated alkanes) is 1. The molecule has 2 aliphatic carbocycles. The summed E-state index contributed by atoms with van der Waals surface area (Å²) in [5.41, 5.74) is 0. The summed E-state index contributed by atoms with van der Waals surface area (Å²) in [6, 6.07) is 0. The zero-order valence-electron chi connectivity index (χ0n) is 13.5. The minimum absolute atomic E-state index is 0.0199. The second kappa shape index (κ2) is 5.93. The first kappa shape index (κ1) is 15.2. The molecule has 5 nitrogen and oxygen atoms in total. The predicted octanol–water partition coefficient (Wildman–Crippen LogP) is 2.10. The lowest BCUT2D eigenvalue weighted by molar-refractivity contribution is -0.163. The Bertz CT molecular complexity index is 528. The molecule has 0 amide bonds. The number of carbonyl (C=O) groups is 2. The van der Waals surface area contributed by atoms with Crippen LogP contribution in [-0.4, -0.2) is 37.4 Å². The molecule has 0 aromatic carbocycles. The van der Waals surface area contributed by atoms with Crippen LogP contribution in [0.5, 0.6) is 0 Å². The third-order valence-electron chi connectivity index (χ3n) is 6.00. The van der Waals surface area contributed by atoms with Crippen molar-refractivity contribution in [2.24, 2.45) is 29.6 Å². The van der Waals surface area contributed by atoms with Crippen molar-refractivity contribution in [3.63, 3.8) is 0 Å². The lowest BCUT2D eigenvalue weighted by atomic mass is 9.69. The van der Waals surface area contributed by atoms with Crippen molar-refractivity contribution < 1.29 is 23.8 Å². The molecule has 7 unspecified atom stereocenters. The number of rotatable bonds is 6. The van der Waals surface area contributed by atoms with Gasteiger partial charge in [0.1, 0.15) is 0 Å². The second-order valence-corrected chi connectivity index (χ2v) is 7.27. The topological polar surface area (TPSA) is 61.8 Å². The van der Waals surface area contributed by atoms with Gasteiger partial charge in [-0.15, -0.1) is 0 Å². The van der Waals surface area contributed by atoms with Gasteiger partial charge >= 0.3 is 11.9 Å². The highest BCUT2D eigenvalue weighted by Crippen LogP contribution is 2.61. The SMILES string of the molecule is CCCCOC(=O)COC(=O)C1CC2OC1C1C3C=CC(C3)C21. The molecular formula is C18H24O5. The third-order valence-corrected chi connectivity index (χ3v) is 6.00. The molecule has 4 aliphatic rings. The van der Waals surface area contributed by atoms with Gasteiger partial charge in [-0.2, -0.15) is 0 Å². The van der Waals surface area contributed by atoms with Crippen LogP contribution in [0.2, 0.25) is 0 Å². The summed E-state index contributed by atoms with van der Waals surface area (Å²) in [6.45, 7) is 2.14. The number of fused-ring (bicyclic) bond motifs is 9. The summed E-state index contributed by atoms with van der Waals surface area (Å²) in [6.07, 6.45) is 8.56. The zero-order valence-corrected chi connectivity index (χ0v) is 13.5. The molecule has 0 spiro atoms. The molecule has 0 aromatic heterocycles. The van der Waals surface area contributed by atoms with Crippen LogP contribution in [0.15, 0.2) is 12.2 Å². The summed E-state index contributed by atoms with van der Waals surface area (Å²) in [4.78, 5) is 23.9. The summed E-state index contributed by atoms with van der Waals surface area (Å²) < 4.78 is 16.3. The van der Waals surface area contributed by atoms with Crippen LogP contribution in [0.25, 0.3) is 0 Å². The number of esters is 2. The smallest absolute Gasteiger partial charge is 0.344 e. The molecule has 2 saturated heterocycles. The van der Waals surface area contributed by atoms with Crippen molar-refractivity contribution >= 4 is 11.9 Å². The van der Waals surface area contributed by atoms with Gasteiger partial charge in [-0.3, -0.25) is 4.79 Å². The maximum atomic E-state index is 12.3. The van der Waals surface area contributed by atoms with Crippen molar-refractivity contribution in [2.75, 3.05) is 13.2 Å². The summed E-state index contributed by atoms with van der Waals surface area (Å²) in [7, 11) is 0. The van der Waals surface area contributed by atoms with Crippen LogP contribution in [0, 0.1) is 29.6 Å². The first-order valence-electron chi connectivity index (χ1n) is 8.85. The quantitative estimate of drug-likeness (QED) is 0.426. The van der Waals surface area contributed by atoms with Crippen LogP contribution in [-0.2, 0) is 23.8 Å². The van der Waals surface area contributed by atoms with Gasteiger partial charge in [0.25, 0.3) is 0 Å². The molecule has 126 valence electrons. The molecule has 2 heterocycles. The van der Waals surface area contributed by atoms with Crippen molar-refractivity contribution in [2.45, 2.75) is 44.8 Å². The lowest BCUT2D eigenvalue weighted by Gasteiger charge is -2.32. The fourth-order valence-electron chi connectivity index (χ4n) is 5.07. The molecule has 4 rings (SSSR count). The normalized spacial score (nSPS) is 42.0. The van der Waals surface area contributed by atoms with E-state index in [0.29, 0.717) is 30.3 Å². The highest BCUT2D eigenvalue weighted by atomic mass is 16.6. The molecule has 3 fully saturated rings. The van der Waals surface area contributed by atoms with Gasteiger partial charge < -0.3 is 14.2 Å². The van der Waals surface area contributed by atoms with E-state index >= 15 is 0 Å². The van der Waals surface area contributed by atoms with Crippen molar-refractivity contribution in [3.05, 3.63) is 12.2 Å². The largest absolute Gasteiger partial charge is 0.463 e. The number of hydrogen-bond acceptors (Lipinski definition) is 5. The number of allylic oxidation sites excluding steroid dienone is 2.